The van der Waals surface area contributed by atoms with Gasteiger partial charge < -0.3 is 11.1 Å². The average Bonchev–Trinajstić information content (AvgIpc) is 2.61. The van der Waals surface area contributed by atoms with Gasteiger partial charge in [0, 0.05) is 16.8 Å². The van der Waals surface area contributed by atoms with E-state index >= 15 is 0 Å². The molecule has 0 aromatic heterocycles. The number of anilines is 1. The lowest BCUT2D eigenvalue weighted by Gasteiger charge is -2.18. The number of carbonyl (C=O) groups is 1. The summed E-state index contributed by atoms with van der Waals surface area (Å²) in [4.78, 5) is 12.1. The van der Waals surface area contributed by atoms with Crippen LogP contribution in [0.15, 0.2) is 18.2 Å². The molecule has 3 N–H and O–H groups in total. The van der Waals surface area contributed by atoms with Gasteiger partial charge in [0.1, 0.15) is 0 Å². The molecule has 0 saturated heterocycles. The Morgan fingerprint density at radius 1 is 1.50 bits per heavy atom. The Morgan fingerprint density at radius 3 is 2.83 bits per heavy atom. The summed E-state index contributed by atoms with van der Waals surface area (Å²) in [5.41, 5.74) is 7.05. The van der Waals surface area contributed by atoms with Crippen molar-refractivity contribution in [2.24, 2.45) is 5.41 Å². The van der Waals surface area contributed by atoms with Crippen molar-refractivity contribution in [1.82, 2.24) is 5.32 Å². The highest BCUT2D eigenvalue weighted by molar-refractivity contribution is 6.31. The molecular weight excluding hydrogens is 248 g/mol. The minimum absolute atomic E-state index is 0.127. The van der Waals surface area contributed by atoms with Crippen LogP contribution in [0, 0.1) is 5.41 Å². The van der Waals surface area contributed by atoms with E-state index in [0.29, 0.717) is 21.7 Å². The van der Waals surface area contributed by atoms with Crippen LogP contribution in [0.2, 0.25) is 5.02 Å². The highest BCUT2D eigenvalue weighted by Crippen LogP contribution is 2.37. The molecule has 1 atom stereocenters. The maximum Gasteiger partial charge on any atom is 0.253 e. The number of nitrogens with two attached hydrogens (primary N) is 1. The summed E-state index contributed by atoms with van der Waals surface area (Å²) in [6, 6.07) is 5.21. The molecule has 1 unspecified atom stereocenters. The summed E-state index contributed by atoms with van der Waals surface area (Å²) in [6.07, 6.45) is 3.18. The molecule has 2 rings (SSSR count). The van der Waals surface area contributed by atoms with Crippen LogP contribution < -0.4 is 11.1 Å². The molecule has 4 heteroatoms. The highest BCUT2D eigenvalue weighted by atomic mass is 35.5. The van der Waals surface area contributed by atoms with Crippen molar-refractivity contribution in [2.45, 2.75) is 39.2 Å². The molecule has 1 aliphatic carbocycles. The molecule has 98 valence electrons. The SMILES string of the molecule is CC1(C)CCC(NC(=O)c2cc(Cl)ccc2N)C1. The quantitative estimate of drug-likeness (QED) is 0.808. The highest BCUT2D eigenvalue weighted by Gasteiger charge is 2.31. The normalized spacial score (nSPS) is 21.8. The van der Waals surface area contributed by atoms with Crippen LogP contribution in [-0.2, 0) is 0 Å². The summed E-state index contributed by atoms with van der Waals surface area (Å²) < 4.78 is 0. The van der Waals surface area contributed by atoms with Gasteiger partial charge in [-0.2, -0.15) is 0 Å². The smallest absolute Gasteiger partial charge is 0.253 e. The number of rotatable bonds is 2. The molecule has 0 spiro atoms. The second-order valence-electron chi connectivity index (χ2n) is 5.81. The second-order valence-corrected chi connectivity index (χ2v) is 6.25. The minimum Gasteiger partial charge on any atom is -0.398 e. The Bertz CT molecular complexity index is 471. The van der Waals surface area contributed by atoms with E-state index in [4.69, 9.17) is 17.3 Å². The topological polar surface area (TPSA) is 55.1 Å². The first-order valence-electron chi connectivity index (χ1n) is 6.23. The van der Waals surface area contributed by atoms with Gasteiger partial charge in [-0.05, 0) is 42.9 Å². The van der Waals surface area contributed by atoms with E-state index in [0.717, 1.165) is 19.3 Å². The Kier molecular flexibility index (Phi) is 3.53. The Balaban J connectivity index is 2.06. The summed E-state index contributed by atoms with van der Waals surface area (Å²) in [5.74, 6) is -0.127. The lowest BCUT2D eigenvalue weighted by Crippen LogP contribution is -2.33. The number of nitrogens with one attached hydrogen (secondary N) is 1. The van der Waals surface area contributed by atoms with Crippen LogP contribution in [0.4, 0.5) is 5.69 Å². The fourth-order valence-electron chi connectivity index (χ4n) is 2.55. The van der Waals surface area contributed by atoms with Crippen LogP contribution in [0.5, 0.6) is 0 Å². The maximum absolute atomic E-state index is 12.1. The Morgan fingerprint density at radius 2 is 2.22 bits per heavy atom. The number of nitrogen functional groups attached to an aromatic ring is 1. The molecule has 1 aromatic carbocycles. The Labute approximate surface area is 113 Å². The van der Waals surface area contributed by atoms with Gasteiger partial charge in [-0.3, -0.25) is 4.79 Å². The zero-order chi connectivity index (χ0) is 13.3. The predicted octanol–water partition coefficient (Wildman–Crippen LogP) is 3.23. The Hall–Kier alpha value is -1.22. The lowest BCUT2D eigenvalue weighted by molar-refractivity contribution is 0.0937. The first-order chi connectivity index (χ1) is 8.37. The molecule has 1 aliphatic rings. The van der Waals surface area contributed by atoms with Gasteiger partial charge >= 0.3 is 0 Å². The monoisotopic (exact) mass is 266 g/mol. The number of halogens is 1. The maximum atomic E-state index is 12.1. The van der Waals surface area contributed by atoms with Crippen molar-refractivity contribution in [1.29, 1.82) is 0 Å². The van der Waals surface area contributed by atoms with E-state index in [9.17, 15) is 4.79 Å². The van der Waals surface area contributed by atoms with E-state index in [1.807, 2.05) is 0 Å². The van der Waals surface area contributed by atoms with Crippen molar-refractivity contribution in [3.8, 4) is 0 Å². The van der Waals surface area contributed by atoms with Gasteiger partial charge in [-0.25, -0.2) is 0 Å². The summed E-state index contributed by atoms with van der Waals surface area (Å²) >= 11 is 5.89. The molecule has 1 fully saturated rings. The molecule has 18 heavy (non-hydrogen) atoms. The largest absolute Gasteiger partial charge is 0.398 e. The molecule has 1 amide bonds. The third kappa shape index (κ3) is 2.96. The van der Waals surface area contributed by atoms with Crippen molar-refractivity contribution in [3.63, 3.8) is 0 Å². The van der Waals surface area contributed by atoms with Gasteiger partial charge in [-0.1, -0.05) is 25.4 Å². The summed E-state index contributed by atoms with van der Waals surface area (Å²) in [6.45, 7) is 4.46. The van der Waals surface area contributed by atoms with Crippen molar-refractivity contribution < 1.29 is 4.79 Å². The molecule has 0 radical (unpaired) electrons. The van der Waals surface area contributed by atoms with E-state index in [2.05, 4.69) is 19.2 Å². The third-order valence-corrected chi connectivity index (χ3v) is 3.80. The van der Waals surface area contributed by atoms with E-state index in [-0.39, 0.29) is 11.9 Å². The average molecular weight is 267 g/mol. The van der Waals surface area contributed by atoms with Crippen LogP contribution in [0.1, 0.15) is 43.5 Å². The third-order valence-electron chi connectivity index (χ3n) is 3.56. The predicted molar refractivity (Wildman–Crippen MR) is 74.8 cm³/mol. The van der Waals surface area contributed by atoms with E-state index < -0.39 is 0 Å². The second kappa shape index (κ2) is 4.81. The van der Waals surface area contributed by atoms with Gasteiger partial charge in [0.2, 0.25) is 0 Å². The zero-order valence-electron chi connectivity index (χ0n) is 10.8. The van der Waals surface area contributed by atoms with Crippen LogP contribution in [0.3, 0.4) is 0 Å². The number of carbonyl (C=O) groups excluding carboxylic acids is 1. The van der Waals surface area contributed by atoms with Gasteiger partial charge in [-0.15, -0.1) is 0 Å². The van der Waals surface area contributed by atoms with Gasteiger partial charge in [0.25, 0.3) is 5.91 Å². The lowest BCUT2D eigenvalue weighted by atomic mass is 9.92. The molecule has 3 nitrogen and oxygen atoms in total. The fourth-order valence-corrected chi connectivity index (χ4v) is 2.72. The molecular formula is C14H19ClN2O. The fraction of sp³-hybridized carbons (Fsp3) is 0.500. The molecule has 1 aromatic rings. The van der Waals surface area contributed by atoms with Crippen LogP contribution in [0.25, 0.3) is 0 Å². The number of hydrogen-bond donors (Lipinski definition) is 2. The molecule has 0 bridgehead atoms. The molecule has 0 aliphatic heterocycles. The van der Waals surface area contributed by atoms with Crippen LogP contribution in [-0.4, -0.2) is 11.9 Å². The first kappa shape index (κ1) is 13.2. The summed E-state index contributed by atoms with van der Waals surface area (Å²) in [5, 5.41) is 3.57. The van der Waals surface area contributed by atoms with Gasteiger partial charge in [0.05, 0.1) is 5.56 Å². The van der Waals surface area contributed by atoms with E-state index in [1.54, 1.807) is 18.2 Å². The van der Waals surface area contributed by atoms with Crippen molar-refractivity contribution in [2.75, 3.05) is 5.73 Å². The number of hydrogen-bond acceptors (Lipinski definition) is 2. The standard InChI is InChI=1S/C14H19ClN2O/c1-14(2)6-5-10(8-14)17-13(18)11-7-9(15)3-4-12(11)16/h3-4,7,10H,5-6,8,16H2,1-2H3,(H,17,18). The van der Waals surface area contributed by atoms with Gasteiger partial charge in [0.15, 0.2) is 0 Å². The number of amides is 1. The molecule has 0 heterocycles. The van der Waals surface area contributed by atoms with E-state index in [1.165, 1.54) is 0 Å². The summed E-state index contributed by atoms with van der Waals surface area (Å²) in [7, 11) is 0. The molecule has 1 saturated carbocycles. The number of benzene rings is 1. The van der Waals surface area contributed by atoms with Crippen LogP contribution >= 0.6 is 11.6 Å². The first-order valence-corrected chi connectivity index (χ1v) is 6.61. The minimum atomic E-state index is -0.127. The van der Waals surface area contributed by atoms with Crippen molar-refractivity contribution >= 4 is 23.2 Å². The zero-order valence-corrected chi connectivity index (χ0v) is 11.6. The van der Waals surface area contributed by atoms with Crippen molar-refractivity contribution in [3.05, 3.63) is 28.8 Å².